The first kappa shape index (κ1) is 10.4. The van der Waals surface area contributed by atoms with Crippen LogP contribution in [0.25, 0.3) is 6.08 Å². The molecule has 0 saturated carbocycles. The van der Waals surface area contributed by atoms with Gasteiger partial charge in [-0.25, -0.2) is 0 Å². The largest absolute Gasteiger partial charge is 0.316 e. The second-order valence-electron chi connectivity index (χ2n) is 3.85. The molecule has 1 atom stereocenters. The van der Waals surface area contributed by atoms with Crippen molar-refractivity contribution in [2.24, 2.45) is 4.99 Å². The molecule has 90 valence electrons. The lowest BCUT2D eigenvalue weighted by Crippen LogP contribution is -2.36. The van der Waals surface area contributed by atoms with Gasteiger partial charge in [0.15, 0.2) is 0 Å². The molecule has 2 aliphatic rings. The molecule has 8 heteroatoms. The number of H-pyrrole nitrogens is 2. The molecule has 0 amide bonds. The maximum Gasteiger partial charge on any atom is 0.314 e. The van der Waals surface area contributed by atoms with E-state index in [1.165, 1.54) is 6.20 Å². The van der Waals surface area contributed by atoms with Crippen LogP contribution in [0.1, 0.15) is 17.4 Å². The number of rotatable bonds is 1. The number of aliphatic imine (C=N–C) groups is 1. The fourth-order valence-corrected chi connectivity index (χ4v) is 2.03. The van der Waals surface area contributed by atoms with Gasteiger partial charge in [0.25, 0.3) is 6.04 Å². The van der Waals surface area contributed by atoms with Crippen LogP contribution in [0.4, 0.5) is 0 Å². The predicted molar refractivity (Wildman–Crippen MR) is 62.0 cm³/mol. The van der Waals surface area contributed by atoms with Gasteiger partial charge in [0.2, 0.25) is 0 Å². The van der Waals surface area contributed by atoms with Gasteiger partial charge in [0.1, 0.15) is 11.4 Å². The van der Waals surface area contributed by atoms with Crippen molar-refractivity contribution in [2.75, 3.05) is 0 Å². The van der Waals surface area contributed by atoms with E-state index in [9.17, 15) is 19.7 Å². The highest BCUT2D eigenvalue weighted by atomic mass is 16.6. The van der Waals surface area contributed by atoms with E-state index in [1.807, 2.05) is 0 Å². The summed E-state index contributed by atoms with van der Waals surface area (Å²) >= 11 is 0. The molecule has 3 rings (SSSR count). The molecule has 2 N–H and O–H groups in total. The lowest BCUT2D eigenvalue weighted by Gasteiger charge is -2.17. The van der Waals surface area contributed by atoms with E-state index in [2.05, 4.69) is 15.0 Å². The number of hydrogen-bond acceptors (Lipinski definition) is 5. The van der Waals surface area contributed by atoms with E-state index in [-0.39, 0.29) is 17.1 Å². The maximum absolute atomic E-state index is 11.3. The first-order valence-electron chi connectivity index (χ1n) is 5.04. The van der Waals surface area contributed by atoms with Crippen molar-refractivity contribution < 1.29 is 4.92 Å². The molecular weight excluding hydrogens is 240 g/mol. The molecule has 1 aliphatic heterocycles. The van der Waals surface area contributed by atoms with Gasteiger partial charge in [-0.2, -0.15) is 0 Å². The van der Waals surface area contributed by atoms with Crippen molar-refractivity contribution >= 4 is 11.8 Å². The summed E-state index contributed by atoms with van der Waals surface area (Å²) in [6.45, 7) is 0. The van der Waals surface area contributed by atoms with Gasteiger partial charge >= 0.3 is 11.1 Å². The summed E-state index contributed by atoms with van der Waals surface area (Å²) in [5.41, 5.74) is -0.640. The molecule has 1 aliphatic carbocycles. The predicted octanol–water partition coefficient (Wildman–Crippen LogP) is -0.254. The summed E-state index contributed by atoms with van der Waals surface area (Å²) in [5, 5.41) is 11.1. The molecule has 1 aromatic rings. The lowest BCUT2D eigenvalue weighted by molar-refractivity contribution is -0.509. The molecular formula is C10H6N4O4. The number of hydrogen-bond donors (Lipinski definition) is 2. The van der Waals surface area contributed by atoms with Gasteiger partial charge in [-0.1, -0.05) is 0 Å². The highest BCUT2D eigenvalue weighted by Gasteiger charge is 2.38. The molecule has 0 spiro atoms. The maximum atomic E-state index is 11.3. The van der Waals surface area contributed by atoms with E-state index in [0.29, 0.717) is 5.57 Å². The number of nitrogens with zero attached hydrogens (tertiary/aromatic N) is 2. The van der Waals surface area contributed by atoms with Crippen LogP contribution in [0.5, 0.6) is 0 Å². The number of nitro groups is 1. The minimum absolute atomic E-state index is 0.0517. The third-order valence-electron chi connectivity index (χ3n) is 2.80. The number of aromatic nitrogens is 2. The Morgan fingerprint density at radius 3 is 2.72 bits per heavy atom. The molecule has 0 aromatic carbocycles. The highest BCUT2D eigenvalue weighted by molar-refractivity contribution is 6.12. The summed E-state index contributed by atoms with van der Waals surface area (Å²) in [7, 11) is 0. The molecule has 1 unspecified atom stereocenters. The zero-order chi connectivity index (χ0) is 12.9. The molecule has 1 aromatic heterocycles. The Kier molecular flexibility index (Phi) is 1.94. The Morgan fingerprint density at radius 2 is 2.00 bits per heavy atom. The summed E-state index contributed by atoms with van der Waals surface area (Å²) in [6, 6.07) is -1.26. The minimum atomic E-state index is -1.26. The zero-order valence-corrected chi connectivity index (χ0v) is 8.84. The van der Waals surface area contributed by atoms with Crippen molar-refractivity contribution in [3.05, 3.63) is 60.1 Å². The van der Waals surface area contributed by atoms with E-state index in [1.54, 1.807) is 12.2 Å². The Bertz CT molecular complexity index is 765. The fraction of sp³-hybridized carbons (Fsp3) is 0.100. The van der Waals surface area contributed by atoms with Gasteiger partial charge in [-0.3, -0.25) is 24.7 Å². The zero-order valence-electron chi connectivity index (χ0n) is 8.84. The number of nitrogens with one attached hydrogen (secondary N) is 2. The van der Waals surface area contributed by atoms with Crippen molar-refractivity contribution in [3.8, 4) is 0 Å². The van der Waals surface area contributed by atoms with Crippen LogP contribution in [-0.2, 0) is 0 Å². The monoisotopic (exact) mass is 246 g/mol. The SMILES string of the molecule is O=c1[nH]c2c([nH]c1=O)C([N+](=O)[O-])C1=NC=CC1=C2. The summed E-state index contributed by atoms with van der Waals surface area (Å²) in [5.74, 6) is 0. The minimum Gasteiger partial charge on any atom is -0.316 e. The number of allylic oxidation sites excluding steroid dienone is 1. The highest BCUT2D eigenvalue weighted by Crippen LogP contribution is 2.31. The van der Waals surface area contributed by atoms with Crippen LogP contribution >= 0.6 is 0 Å². The first-order chi connectivity index (χ1) is 8.58. The van der Waals surface area contributed by atoms with E-state index >= 15 is 0 Å². The summed E-state index contributed by atoms with van der Waals surface area (Å²) in [4.78, 5) is 41.5. The standard InChI is InChI=1S/C10H6N4O4/c15-9-10(16)13-7-5(12-9)3-4-1-2-11-6(4)8(7)14(17)18/h1-3,8H,(H,12,15)(H,13,16). The van der Waals surface area contributed by atoms with E-state index in [0.717, 1.165) is 0 Å². The third-order valence-corrected chi connectivity index (χ3v) is 2.80. The molecule has 18 heavy (non-hydrogen) atoms. The Morgan fingerprint density at radius 1 is 1.28 bits per heavy atom. The number of fused-ring (bicyclic) bond motifs is 2. The van der Waals surface area contributed by atoms with Crippen molar-refractivity contribution in [3.63, 3.8) is 0 Å². The quantitative estimate of drug-likeness (QED) is 0.403. The van der Waals surface area contributed by atoms with Crippen LogP contribution in [0.2, 0.25) is 0 Å². The summed E-state index contributed by atoms with van der Waals surface area (Å²) in [6.07, 6.45) is 4.60. The van der Waals surface area contributed by atoms with E-state index in [4.69, 9.17) is 0 Å². The first-order valence-corrected chi connectivity index (χ1v) is 5.04. The average molecular weight is 246 g/mol. The fourth-order valence-electron chi connectivity index (χ4n) is 2.03. The van der Waals surface area contributed by atoms with Gasteiger partial charge in [-0.15, -0.1) is 0 Å². The molecule has 0 radical (unpaired) electrons. The van der Waals surface area contributed by atoms with Crippen LogP contribution in [0.3, 0.4) is 0 Å². The van der Waals surface area contributed by atoms with Gasteiger partial charge in [0.05, 0.1) is 5.69 Å². The number of aromatic amines is 2. The second-order valence-corrected chi connectivity index (χ2v) is 3.85. The van der Waals surface area contributed by atoms with Crippen molar-refractivity contribution in [1.29, 1.82) is 0 Å². The molecule has 8 nitrogen and oxygen atoms in total. The van der Waals surface area contributed by atoms with Crippen LogP contribution in [0.15, 0.2) is 32.4 Å². The Labute approximate surface area is 98.5 Å². The Balaban J connectivity index is 2.35. The molecule has 2 heterocycles. The second kappa shape index (κ2) is 3.36. The normalized spacial score (nSPS) is 19.9. The van der Waals surface area contributed by atoms with Crippen LogP contribution in [-0.4, -0.2) is 20.6 Å². The topological polar surface area (TPSA) is 121 Å². The molecule has 0 bridgehead atoms. The van der Waals surface area contributed by atoms with Crippen LogP contribution in [0, 0.1) is 10.1 Å². The van der Waals surface area contributed by atoms with Gasteiger partial charge in [-0.05, 0) is 12.2 Å². The van der Waals surface area contributed by atoms with Crippen molar-refractivity contribution in [2.45, 2.75) is 6.04 Å². The third kappa shape index (κ3) is 1.29. The van der Waals surface area contributed by atoms with Crippen LogP contribution < -0.4 is 11.1 Å². The van der Waals surface area contributed by atoms with Gasteiger partial charge in [0, 0.05) is 16.7 Å². The molecule has 0 fully saturated rings. The summed E-state index contributed by atoms with van der Waals surface area (Å²) < 4.78 is 0. The van der Waals surface area contributed by atoms with E-state index < -0.39 is 22.1 Å². The molecule has 0 saturated heterocycles. The lowest BCUT2D eigenvalue weighted by atomic mass is 9.94. The van der Waals surface area contributed by atoms with Crippen molar-refractivity contribution in [1.82, 2.24) is 9.97 Å². The Hall–Kier alpha value is -2.77. The van der Waals surface area contributed by atoms with Gasteiger partial charge < -0.3 is 9.97 Å². The average Bonchev–Trinajstić information content (AvgIpc) is 2.74. The smallest absolute Gasteiger partial charge is 0.314 e.